The topological polar surface area (TPSA) is 147 Å². The number of hydrogen-bond acceptors (Lipinski definition) is 7. The molecule has 0 spiro atoms. The molecule has 5 aromatic rings. The van der Waals surface area contributed by atoms with E-state index >= 15 is 0 Å². The van der Waals surface area contributed by atoms with Crippen LogP contribution in [-0.2, 0) is 14.8 Å². The lowest BCUT2D eigenvalue weighted by molar-refractivity contribution is -0.137. The highest BCUT2D eigenvalue weighted by Gasteiger charge is 2.27. The number of hydrogen-bond donors (Lipinski definition) is 4. The fourth-order valence-electron chi connectivity index (χ4n) is 4.37. The van der Waals surface area contributed by atoms with Gasteiger partial charge in [-0.2, -0.15) is 0 Å². The molecule has 214 valence electrons. The van der Waals surface area contributed by atoms with Crippen molar-refractivity contribution >= 4 is 54.4 Å². The number of urea groups is 1. The number of carboxylic acid groups (broad SMARTS) is 1. The van der Waals surface area contributed by atoms with Crippen LogP contribution in [0, 0.1) is 0 Å². The molecule has 0 aliphatic heterocycles. The molecule has 0 aliphatic rings. The van der Waals surface area contributed by atoms with Gasteiger partial charge in [-0.15, -0.1) is 0 Å². The number of carbonyl (C=O) groups excluding carboxylic acids is 1. The van der Waals surface area contributed by atoms with Crippen molar-refractivity contribution in [2.75, 3.05) is 17.7 Å². The molecule has 1 aromatic heterocycles. The van der Waals surface area contributed by atoms with E-state index in [1.165, 1.54) is 30.6 Å². The van der Waals surface area contributed by atoms with E-state index in [4.69, 9.17) is 4.74 Å². The molecular weight excluding hydrogens is 576 g/mol. The summed E-state index contributed by atoms with van der Waals surface area (Å²) >= 11 is 1.36. The number of para-hydroxylation sites is 1. The zero-order valence-electron chi connectivity index (χ0n) is 22.3. The van der Waals surface area contributed by atoms with E-state index in [2.05, 4.69) is 20.3 Å². The molecular formula is C30H26N4O6S2. The van der Waals surface area contributed by atoms with Crippen LogP contribution in [0.3, 0.4) is 0 Å². The van der Waals surface area contributed by atoms with E-state index in [9.17, 15) is 23.1 Å². The molecule has 0 fully saturated rings. The summed E-state index contributed by atoms with van der Waals surface area (Å²) in [5.74, 6) is -1.05. The number of aromatic nitrogens is 1. The summed E-state index contributed by atoms with van der Waals surface area (Å²) in [6.07, 6.45) is -0.446. The first-order valence-corrected chi connectivity index (χ1v) is 15.0. The summed E-state index contributed by atoms with van der Waals surface area (Å²) < 4.78 is 35.9. The van der Waals surface area contributed by atoms with E-state index < -0.39 is 34.5 Å². The van der Waals surface area contributed by atoms with Gasteiger partial charge in [-0.1, -0.05) is 72.0 Å². The Morgan fingerprint density at radius 2 is 1.64 bits per heavy atom. The van der Waals surface area contributed by atoms with Crippen LogP contribution in [0.2, 0.25) is 0 Å². The Bertz CT molecular complexity index is 1830. The van der Waals surface area contributed by atoms with Gasteiger partial charge >= 0.3 is 12.0 Å². The van der Waals surface area contributed by atoms with Crippen molar-refractivity contribution in [3.05, 3.63) is 103 Å². The number of nitrogens with one attached hydrogen (secondary N) is 3. The van der Waals surface area contributed by atoms with Gasteiger partial charge in [0.25, 0.3) is 0 Å². The van der Waals surface area contributed by atoms with E-state index in [0.29, 0.717) is 27.5 Å². The van der Waals surface area contributed by atoms with E-state index in [0.717, 1.165) is 10.2 Å². The minimum absolute atomic E-state index is 0.0953. The Labute approximate surface area is 246 Å². The fourth-order valence-corrected chi connectivity index (χ4v) is 6.65. The van der Waals surface area contributed by atoms with Crippen molar-refractivity contribution in [3.8, 4) is 16.9 Å². The molecule has 4 N–H and O–H groups in total. The smallest absolute Gasteiger partial charge is 0.325 e. The summed E-state index contributed by atoms with van der Waals surface area (Å²) in [5, 5.41) is 15.4. The quantitative estimate of drug-likeness (QED) is 0.151. The summed E-state index contributed by atoms with van der Waals surface area (Å²) in [5.41, 5.74) is 2.96. The van der Waals surface area contributed by atoms with Crippen molar-refractivity contribution in [2.45, 2.75) is 17.4 Å². The lowest BCUT2D eigenvalue weighted by Crippen LogP contribution is -2.30. The molecule has 0 saturated heterocycles. The SMILES string of the molecule is COc1ccc(-c2cccc(NC(=O)Nc3nc4ccccc4s3)c2)cc1S(=O)(=O)N[C@@H](CC(=O)O)c1ccccc1. The average Bonchev–Trinajstić information content (AvgIpc) is 3.39. The molecule has 0 saturated carbocycles. The highest BCUT2D eigenvalue weighted by Crippen LogP contribution is 2.32. The predicted molar refractivity (Wildman–Crippen MR) is 162 cm³/mol. The predicted octanol–water partition coefficient (Wildman–Crippen LogP) is 6.11. The molecule has 5 rings (SSSR count). The van der Waals surface area contributed by atoms with Crippen molar-refractivity contribution in [3.63, 3.8) is 0 Å². The van der Waals surface area contributed by atoms with Crippen LogP contribution in [0.1, 0.15) is 18.0 Å². The fraction of sp³-hybridized carbons (Fsp3) is 0.100. The Morgan fingerprint density at radius 1 is 0.905 bits per heavy atom. The molecule has 2 amide bonds. The number of carboxylic acids is 1. The Morgan fingerprint density at radius 3 is 2.38 bits per heavy atom. The number of ether oxygens (including phenoxy) is 1. The molecule has 42 heavy (non-hydrogen) atoms. The second-order valence-electron chi connectivity index (χ2n) is 9.19. The maximum atomic E-state index is 13.6. The number of benzene rings is 4. The van der Waals surface area contributed by atoms with Crippen molar-refractivity contribution in [2.24, 2.45) is 0 Å². The van der Waals surface area contributed by atoms with E-state index in [-0.39, 0.29) is 10.6 Å². The third kappa shape index (κ3) is 6.74. The molecule has 0 aliphatic carbocycles. The van der Waals surface area contributed by atoms with Crippen LogP contribution in [-0.4, -0.2) is 37.6 Å². The number of carbonyl (C=O) groups is 2. The van der Waals surface area contributed by atoms with Crippen LogP contribution in [0.5, 0.6) is 5.75 Å². The van der Waals surface area contributed by atoms with Gasteiger partial charge in [0, 0.05) is 5.69 Å². The van der Waals surface area contributed by atoms with Gasteiger partial charge in [-0.3, -0.25) is 10.1 Å². The number of amides is 2. The van der Waals surface area contributed by atoms with Gasteiger partial charge in [-0.05, 0) is 53.1 Å². The van der Waals surface area contributed by atoms with Crippen LogP contribution < -0.4 is 20.1 Å². The molecule has 12 heteroatoms. The van der Waals surface area contributed by atoms with Crippen LogP contribution in [0.25, 0.3) is 21.3 Å². The number of sulfonamides is 1. The average molecular weight is 603 g/mol. The summed E-state index contributed by atoms with van der Waals surface area (Å²) in [6.45, 7) is 0. The Balaban J connectivity index is 1.38. The highest BCUT2D eigenvalue weighted by molar-refractivity contribution is 7.89. The first kappa shape index (κ1) is 28.7. The third-order valence-corrected chi connectivity index (χ3v) is 8.74. The monoisotopic (exact) mass is 602 g/mol. The molecule has 1 atom stereocenters. The van der Waals surface area contributed by atoms with Crippen molar-refractivity contribution in [1.29, 1.82) is 0 Å². The Kier molecular flexibility index (Phi) is 8.48. The maximum absolute atomic E-state index is 13.6. The van der Waals surface area contributed by atoms with Crippen molar-refractivity contribution in [1.82, 2.24) is 9.71 Å². The number of aliphatic carboxylic acids is 1. The zero-order chi connectivity index (χ0) is 29.7. The zero-order valence-corrected chi connectivity index (χ0v) is 23.9. The van der Waals surface area contributed by atoms with Gasteiger partial charge in [0.15, 0.2) is 5.13 Å². The lowest BCUT2D eigenvalue weighted by Gasteiger charge is -2.19. The first-order valence-electron chi connectivity index (χ1n) is 12.7. The van der Waals surface area contributed by atoms with Gasteiger partial charge in [0.05, 0.1) is 29.8 Å². The van der Waals surface area contributed by atoms with Crippen LogP contribution in [0.4, 0.5) is 15.6 Å². The van der Waals surface area contributed by atoms with E-state index in [1.54, 1.807) is 60.7 Å². The normalized spacial score (nSPS) is 12.0. The number of nitrogens with zero attached hydrogens (tertiary/aromatic N) is 1. The minimum Gasteiger partial charge on any atom is -0.495 e. The molecule has 0 bridgehead atoms. The van der Waals surface area contributed by atoms with E-state index in [1.807, 2.05) is 24.3 Å². The number of thiazole rings is 1. The second-order valence-corrected chi connectivity index (χ2v) is 11.9. The lowest BCUT2D eigenvalue weighted by atomic mass is 10.0. The minimum atomic E-state index is -4.23. The van der Waals surface area contributed by atoms with Gasteiger partial charge < -0.3 is 15.2 Å². The van der Waals surface area contributed by atoms with Crippen LogP contribution >= 0.6 is 11.3 Å². The molecule has 0 unspecified atom stereocenters. The molecule has 10 nitrogen and oxygen atoms in total. The Hall–Kier alpha value is -4.78. The van der Waals surface area contributed by atoms with Gasteiger partial charge in [-0.25, -0.2) is 22.9 Å². The first-order chi connectivity index (χ1) is 20.2. The number of rotatable bonds is 10. The molecule has 4 aromatic carbocycles. The van der Waals surface area contributed by atoms with Crippen LogP contribution in [0.15, 0.2) is 102 Å². The maximum Gasteiger partial charge on any atom is 0.325 e. The molecule has 0 radical (unpaired) electrons. The second kappa shape index (κ2) is 12.4. The largest absolute Gasteiger partial charge is 0.495 e. The summed E-state index contributed by atoms with van der Waals surface area (Å²) in [7, 11) is -2.87. The standard InChI is InChI=1S/C30H26N4O6S2/c1-40-25-15-14-21(17-27(25)42(38,39)34-24(18-28(35)36)19-8-3-2-4-9-19)20-10-7-11-22(16-20)31-29(37)33-30-32-23-12-5-6-13-26(23)41-30/h2-17,24,34H,18H2,1H3,(H,35,36)(H2,31,32,33,37)/t24-/m0/s1. The highest BCUT2D eigenvalue weighted by atomic mass is 32.2. The van der Waals surface area contributed by atoms with Gasteiger partial charge in [0.1, 0.15) is 10.6 Å². The third-order valence-electron chi connectivity index (χ3n) is 6.30. The van der Waals surface area contributed by atoms with Crippen molar-refractivity contribution < 1.29 is 27.9 Å². The summed E-state index contributed by atoms with van der Waals surface area (Å²) in [6, 6.07) is 26.2. The number of methoxy groups -OCH3 is 1. The number of anilines is 2. The number of fused-ring (bicyclic) bond motifs is 1. The molecule has 1 heterocycles. The summed E-state index contributed by atoms with van der Waals surface area (Å²) in [4.78, 5) is 28.4. The van der Waals surface area contributed by atoms with Gasteiger partial charge in [0.2, 0.25) is 10.0 Å².